The molecule has 0 aromatic heterocycles. The number of hydrogen-bond acceptors (Lipinski definition) is 1. The molecule has 1 nitrogen and oxygen atoms in total. The maximum atomic E-state index is 4.55. The Morgan fingerprint density at radius 1 is 1.21 bits per heavy atom. The molecule has 0 N–H and O–H groups in total. The van der Waals surface area contributed by atoms with Crippen molar-refractivity contribution in [2.45, 2.75) is 13.3 Å². The molecule has 1 aliphatic heterocycles. The van der Waals surface area contributed by atoms with E-state index >= 15 is 0 Å². The lowest BCUT2D eigenvalue weighted by Gasteiger charge is -2.04. The highest BCUT2D eigenvalue weighted by atomic mass is 14.8. The average Bonchev–Trinajstić information content (AvgIpc) is 2.78. The number of nitrogens with zero attached hydrogens (tertiary/aromatic N) is 1. The summed E-state index contributed by atoms with van der Waals surface area (Å²) in [7, 11) is 0. The predicted molar refractivity (Wildman–Crippen MR) is 59.2 cm³/mol. The van der Waals surface area contributed by atoms with Gasteiger partial charge in [-0.2, -0.15) is 0 Å². The summed E-state index contributed by atoms with van der Waals surface area (Å²) in [6.45, 7) is 2.09. The van der Waals surface area contributed by atoms with E-state index in [1.807, 2.05) is 0 Å². The topological polar surface area (TPSA) is 12.4 Å². The van der Waals surface area contributed by atoms with E-state index in [0.717, 1.165) is 17.8 Å². The van der Waals surface area contributed by atoms with Crippen LogP contribution < -0.4 is 0 Å². The first kappa shape index (κ1) is 7.74. The summed E-state index contributed by atoms with van der Waals surface area (Å²) in [5.41, 5.74) is 6.33. The summed E-state index contributed by atoms with van der Waals surface area (Å²) in [5, 5.41) is 0. The molecule has 14 heavy (non-hydrogen) atoms. The Kier molecular flexibility index (Phi) is 1.48. The minimum absolute atomic E-state index is 1.05. The summed E-state index contributed by atoms with van der Waals surface area (Å²) in [4.78, 5) is 4.55. The van der Waals surface area contributed by atoms with E-state index in [1.165, 1.54) is 16.7 Å². The lowest BCUT2D eigenvalue weighted by Crippen LogP contribution is -1.97. The van der Waals surface area contributed by atoms with Crippen molar-refractivity contribution < 1.29 is 0 Å². The first-order valence-corrected chi connectivity index (χ1v) is 4.91. The Labute approximate surface area is 83.5 Å². The van der Waals surface area contributed by atoms with E-state index in [1.54, 1.807) is 0 Å². The largest absolute Gasteiger partial charge is 0.252 e. The van der Waals surface area contributed by atoms with E-state index < -0.39 is 0 Å². The van der Waals surface area contributed by atoms with Gasteiger partial charge in [0.05, 0.1) is 5.70 Å². The molecular formula is C13H11N. The number of rotatable bonds is 1. The Hall–Kier alpha value is -1.63. The quantitative estimate of drug-likeness (QED) is 0.589. The van der Waals surface area contributed by atoms with Gasteiger partial charge in [0.1, 0.15) is 0 Å². The molecule has 0 atom stereocenters. The molecule has 0 aromatic rings. The second kappa shape index (κ2) is 2.68. The second-order valence-electron chi connectivity index (χ2n) is 3.72. The zero-order valence-electron chi connectivity index (χ0n) is 8.12. The molecule has 0 bridgehead atoms. The highest BCUT2D eigenvalue weighted by Gasteiger charge is 2.23. The molecule has 68 valence electrons. The van der Waals surface area contributed by atoms with Crippen LogP contribution in [0.3, 0.4) is 0 Å². The standard InChI is InChI=1S/C13H11N/c1-9-13(10-5-2-3-6-10)11-7-4-8-12(11)14-9/h2-5,7-8H,6H2,1H3. The van der Waals surface area contributed by atoms with Gasteiger partial charge in [0, 0.05) is 16.9 Å². The van der Waals surface area contributed by atoms with Crippen LogP contribution in [0.4, 0.5) is 0 Å². The van der Waals surface area contributed by atoms with Gasteiger partial charge in [0.2, 0.25) is 0 Å². The zero-order chi connectivity index (χ0) is 9.54. The molecule has 3 aliphatic rings. The SMILES string of the molecule is CC1=NC2=CC=CC2=C1C1=CC=CC1. The van der Waals surface area contributed by atoms with Crippen molar-refractivity contribution in [3.63, 3.8) is 0 Å². The van der Waals surface area contributed by atoms with Gasteiger partial charge in [-0.05, 0) is 25.0 Å². The van der Waals surface area contributed by atoms with Gasteiger partial charge in [0.25, 0.3) is 0 Å². The number of allylic oxidation sites excluding steroid dienone is 8. The lowest BCUT2D eigenvalue weighted by atomic mass is 9.97. The van der Waals surface area contributed by atoms with Crippen molar-refractivity contribution >= 4 is 5.71 Å². The molecule has 1 heterocycles. The van der Waals surface area contributed by atoms with Crippen LogP contribution in [0.5, 0.6) is 0 Å². The van der Waals surface area contributed by atoms with Crippen molar-refractivity contribution in [3.8, 4) is 0 Å². The molecule has 0 saturated carbocycles. The molecule has 0 fully saturated rings. The Morgan fingerprint density at radius 2 is 2.14 bits per heavy atom. The van der Waals surface area contributed by atoms with E-state index in [9.17, 15) is 0 Å². The molecule has 0 unspecified atom stereocenters. The van der Waals surface area contributed by atoms with Crippen LogP contribution in [0, 0.1) is 0 Å². The molecule has 1 heteroatoms. The van der Waals surface area contributed by atoms with Crippen molar-refractivity contribution in [2.75, 3.05) is 0 Å². The van der Waals surface area contributed by atoms with Crippen molar-refractivity contribution in [1.82, 2.24) is 0 Å². The fraction of sp³-hybridized carbons (Fsp3) is 0.154. The van der Waals surface area contributed by atoms with Crippen LogP contribution in [-0.4, -0.2) is 5.71 Å². The summed E-state index contributed by atoms with van der Waals surface area (Å²) in [6.07, 6.45) is 13.9. The normalized spacial score (nSPS) is 22.8. The lowest BCUT2D eigenvalue weighted by molar-refractivity contribution is 1.29. The Bertz CT molecular complexity index is 479. The predicted octanol–water partition coefficient (Wildman–Crippen LogP) is 3.10. The number of fused-ring (bicyclic) bond motifs is 1. The highest BCUT2D eigenvalue weighted by molar-refractivity contribution is 6.08. The highest BCUT2D eigenvalue weighted by Crippen LogP contribution is 2.36. The minimum atomic E-state index is 1.05. The van der Waals surface area contributed by atoms with Gasteiger partial charge < -0.3 is 0 Å². The molecule has 0 amide bonds. The third-order valence-electron chi connectivity index (χ3n) is 2.80. The van der Waals surface area contributed by atoms with Gasteiger partial charge >= 0.3 is 0 Å². The van der Waals surface area contributed by atoms with Gasteiger partial charge in [-0.25, -0.2) is 0 Å². The van der Waals surface area contributed by atoms with Crippen LogP contribution >= 0.6 is 0 Å². The molecular weight excluding hydrogens is 170 g/mol. The Morgan fingerprint density at radius 3 is 2.93 bits per heavy atom. The van der Waals surface area contributed by atoms with E-state index in [4.69, 9.17) is 0 Å². The van der Waals surface area contributed by atoms with Gasteiger partial charge in [-0.1, -0.05) is 30.4 Å². The number of aliphatic imine (C=N–C) groups is 1. The molecule has 2 aliphatic carbocycles. The molecule has 0 aromatic carbocycles. The fourth-order valence-corrected chi connectivity index (χ4v) is 2.19. The third kappa shape index (κ3) is 0.925. The monoisotopic (exact) mass is 181 g/mol. The van der Waals surface area contributed by atoms with Crippen LogP contribution in [0.25, 0.3) is 0 Å². The maximum Gasteiger partial charge on any atom is 0.0712 e. The smallest absolute Gasteiger partial charge is 0.0712 e. The zero-order valence-corrected chi connectivity index (χ0v) is 8.12. The summed E-state index contributed by atoms with van der Waals surface area (Å²) < 4.78 is 0. The van der Waals surface area contributed by atoms with Crippen molar-refractivity contribution in [3.05, 3.63) is 58.9 Å². The molecule has 0 spiro atoms. The van der Waals surface area contributed by atoms with Gasteiger partial charge in [0.15, 0.2) is 0 Å². The van der Waals surface area contributed by atoms with Gasteiger partial charge in [-0.15, -0.1) is 0 Å². The first-order chi connectivity index (χ1) is 6.86. The average molecular weight is 181 g/mol. The summed E-state index contributed by atoms with van der Waals surface area (Å²) in [6, 6.07) is 0. The van der Waals surface area contributed by atoms with Crippen molar-refractivity contribution in [1.29, 1.82) is 0 Å². The van der Waals surface area contributed by atoms with Gasteiger partial charge in [-0.3, -0.25) is 4.99 Å². The fourth-order valence-electron chi connectivity index (χ4n) is 2.19. The molecule has 3 rings (SSSR count). The minimum Gasteiger partial charge on any atom is -0.252 e. The molecule has 0 saturated heterocycles. The maximum absolute atomic E-state index is 4.55. The van der Waals surface area contributed by atoms with E-state index in [0.29, 0.717) is 0 Å². The van der Waals surface area contributed by atoms with Crippen LogP contribution in [0.15, 0.2) is 63.9 Å². The summed E-state index contributed by atoms with van der Waals surface area (Å²) >= 11 is 0. The van der Waals surface area contributed by atoms with Crippen LogP contribution in [0.2, 0.25) is 0 Å². The van der Waals surface area contributed by atoms with Crippen molar-refractivity contribution in [2.24, 2.45) is 4.99 Å². The molecule has 0 radical (unpaired) electrons. The van der Waals surface area contributed by atoms with E-state index in [-0.39, 0.29) is 0 Å². The second-order valence-corrected chi connectivity index (χ2v) is 3.72. The van der Waals surface area contributed by atoms with E-state index in [2.05, 4.69) is 48.4 Å². The first-order valence-electron chi connectivity index (χ1n) is 4.91. The number of hydrogen-bond donors (Lipinski definition) is 0. The Balaban J connectivity index is 2.14. The third-order valence-corrected chi connectivity index (χ3v) is 2.80. The summed E-state index contributed by atoms with van der Waals surface area (Å²) in [5.74, 6) is 0. The van der Waals surface area contributed by atoms with Crippen LogP contribution in [-0.2, 0) is 0 Å². The van der Waals surface area contributed by atoms with Crippen LogP contribution in [0.1, 0.15) is 13.3 Å².